The van der Waals surface area contributed by atoms with E-state index in [9.17, 15) is 4.79 Å². The maximum absolute atomic E-state index is 12.5. The van der Waals surface area contributed by atoms with Crippen LogP contribution in [0.3, 0.4) is 0 Å². The van der Waals surface area contributed by atoms with Gasteiger partial charge in [0.25, 0.3) is 0 Å². The molecule has 0 aliphatic heterocycles. The highest BCUT2D eigenvalue weighted by Gasteiger charge is 2.15. The van der Waals surface area contributed by atoms with Crippen LogP contribution in [0.2, 0.25) is 0 Å². The highest BCUT2D eigenvalue weighted by atomic mass is 16.5. The zero-order chi connectivity index (χ0) is 18.9. The molecule has 3 rings (SSSR count). The average Bonchev–Trinajstić information content (AvgIpc) is 2.71. The van der Waals surface area contributed by atoms with E-state index < -0.39 is 0 Å². The second-order valence-corrected chi connectivity index (χ2v) is 6.11. The Bertz CT molecular complexity index is 811. The number of para-hydroxylation sites is 2. The molecule has 138 valence electrons. The van der Waals surface area contributed by atoms with Crippen LogP contribution in [0.4, 0.5) is 5.69 Å². The lowest BCUT2D eigenvalue weighted by atomic mass is 9.99. The molecular weight excluding hydrogens is 336 g/mol. The summed E-state index contributed by atoms with van der Waals surface area (Å²) < 4.78 is 5.57. The number of hydrogen-bond donors (Lipinski definition) is 2. The molecule has 0 fully saturated rings. The van der Waals surface area contributed by atoms with Gasteiger partial charge in [-0.05, 0) is 30.2 Å². The van der Waals surface area contributed by atoms with Crippen molar-refractivity contribution in [2.24, 2.45) is 0 Å². The van der Waals surface area contributed by atoms with Gasteiger partial charge in [0, 0.05) is 0 Å². The zero-order valence-corrected chi connectivity index (χ0v) is 15.4. The Morgan fingerprint density at radius 1 is 0.852 bits per heavy atom. The van der Waals surface area contributed by atoms with Crippen molar-refractivity contribution in [1.82, 2.24) is 5.32 Å². The topological polar surface area (TPSA) is 50.4 Å². The van der Waals surface area contributed by atoms with Crippen LogP contribution in [-0.2, 0) is 4.79 Å². The highest BCUT2D eigenvalue weighted by molar-refractivity contribution is 5.93. The van der Waals surface area contributed by atoms with Gasteiger partial charge in [-0.1, -0.05) is 72.8 Å². The monoisotopic (exact) mass is 360 g/mol. The molecule has 0 unspecified atom stereocenters. The minimum absolute atomic E-state index is 0.0553. The van der Waals surface area contributed by atoms with Crippen LogP contribution < -0.4 is 15.4 Å². The van der Waals surface area contributed by atoms with E-state index in [-0.39, 0.29) is 18.5 Å². The number of amides is 1. The van der Waals surface area contributed by atoms with Gasteiger partial charge < -0.3 is 10.1 Å². The summed E-state index contributed by atoms with van der Waals surface area (Å²) in [4.78, 5) is 12.5. The summed E-state index contributed by atoms with van der Waals surface area (Å²) in [6.45, 7) is 2.66. The summed E-state index contributed by atoms with van der Waals surface area (Å²) in [5.74, 6) is 0.565. The van der Waals surface area contributed by atoms with Crippen LogP contribution in [0.5, 0.6) is 5.75 Å². The Hall–Kier alpha value is -3.11. The molecule has 4 nitrogen and oxygen atoms in total. The van der Waals surface area contributed by atoms with E-state index in [2.05, 4.69) is 34.9 Å². The van der Waals surface area contributed by atoms with Gasteiger partial charge in [0.2, 0.25) is 5.91 Å². The lowest BCUT2D eigenvalue weighted by Crippen LogP contribution is -2.32. The fourth-order valence-electron chi connectivity index (χ4n) is 2.96. The molecule has 0 atom stereocenters. The molecule has 4 heteroatoms. The fourth-order valence-corrected chi connectivity index (χ4v) is 2.96. The SMILES string of the molecule is CCOc1ccccc1NC(=O)CNC(c1ccccc1)c1ccccc1. The van der Waals surface area contributed by atoms with Crippen LogP contribution >= 0.6 is 0 Å². The molecule has 3 aromatic carbocycles. The van der Waals surface area contributed by atoms with Crippen molar-refractivity contribution in [2.75, 3.05) is 18.5 Å². The number of ether oxygens (including phenoxy) is 1. The molecule has 0 aromatic heterocycles. The van der Waals surface area contributed by atoms with E-state index in [0.717, 1.165) is 11.1 Å². The molecule has 0 saturated heterocycles. The first-order valence-electron chi connectivity index (χ1n) is 9.13. The molecular formula is C23H24N2O2. The Morgan fingerprint density at radius 3 is 2.00 bits per heavy atom. The largest absolute Gasteiger partial charge is 0.492 e. The van der Waals surface area contributed by atoms with Crippen molar-refractivity contribution in [2.45, 2.75) is 13.0 Å². The molecule has 2 N–H and O–H groups in total. The second-order valence-electron chi connectivity index (χ2n) is 6.11. The van der Waals surface area contributed by atoms with Crippen LogP contribution in [0.25, 0.3) is 0 Å². The molecule has 0 spiro atoms. The first-order chi connectivity index (χ1) is 13.3. The standard InChI is InChI=1S/C23H24N2O2/c1-2-27-21-16-10-9-15-20(21)25-22(26)17-24-23(18-11-5-3-6-12-18)19-13-7-4-8-14-19/h3-16,23-24H,2,17H2,1H3,(H,25,26). The molecule has 1 amide bonds. The van der Waals surface area contributed by atoms with Gasteiger partial charge in [-0.25, -0.2) is 0 Å². The number of nitrogens with one attached hydrogen (secondary N) is 2. The molecule has 3 aromatic rings. The first kappa shape index (κ1) is 18.7. The molecule has 0 bridgehead atoms. The van der Waals surface area contributed by atoms with Crippen molar-refractivity contribution in [3.63, 3.8) is 0 Å². The van der Waals surface area contributed by atoms with E-state index in [4.69, 9.17) is 4.74 Å². The van der Waals surface area contributed by atoms with E-state index in [1.165, 1.54) is 0 Å². The number of anilines is 1. The lowest BCUT2D eigenvalue weighted by Gasteiger charge is -2.20. The van der Waals surface area contributed by atoms with Gasteiger partial charge in [-0.15, -0.1) is 0 Å². The highest BCUT2D eigenvalue weighted by Crippen LogP contribution is 2.24. The van der Waals surface area contributed by atoms with Crippen molar-refractivity contribution in [3.8, 4) is 5.75 Å². The molecule has 0 aliphatic carbocycles. The third kappa shape index (κ3) is 5.19. The quantitative estimate of drug-likeness (QED) is 0.626. The zero-order valence-electron chi connectivity index (χ0n) is 15.4. The van der Waals surface area contributed by atoms with E-state index in [0.29, 0.717) is 18.0 Å². The summed E-state index contributed by atoms with van der Waals surface area (Å²) in [5.41, 5.74) is 2.92. The Morgan fingerprint density at radius 2 is 1.41 bits per heavy atom. The number of rotatable bonds is 8. The van der Waals surface area contributed by atoms with Gasteiger partial charge in [-0.3, -0.25) is 10.1 Å². The maximum atomic E-state index is 12.5. The average molecular weight is 360 g/mol. The van der Waals surface area contributed by atoms with E-state index >= 15 is 0 Å². The molecule has 27 heavy (non-hydrogen) atoms. The smallest absolute Gasteiger partial charge is 0.238 e. The predicted molar refractivity (Wildman–Crippen MR) is 109 cm³/mol. The normalized spacial score (nSPS) is 10.6. The maximum Gasteiger partial charge on any atom is 0.238 e. The lowest BCUT2D eigenvalue weighted by molar-refractivity contribution is -0.115. The number of carbonyl (C=O) groups is 1. The van der Waals surface area contributed by atoms with Gasteiger partial charge in [0.1, 0.15) is 5.75 Å². The Labute approximate surface area is 160 Å². The van der Waals surface area contributed by atoms with Crippen LogP contribution in [0, 0.1) is 0 Å². The van der Waals surface area contributed by atoms with Gasteiger partial charge in [0.15, 0.2) is 0 Å². The second kappa shape index (κ2) is 9.55. The molecule has 0 radical (unpaired) electrons. The molecule has 0 saturated carbocycles. The van der Waals surface area contributed by atoms with Crippen molar-refractivity contribution < 1.29 is 9.53 Å². The molecule has 0 heterocycles. The van der Waals surface area contributed by atoms with Crippen LogP contribution in [0.1, 0.15) is 24.1 Å². The number of hydrogen-bond acceptors (Lipinski definition) is 3. The summed E-state index contributed by atoms with van der Waals surface area (Å²) in [7, 11) is 0. The Kier molecular flexibility index (Phi) is 6.61. The van der Waals surface area contributed by atoms with Gasteiger partial charge in [0.05, 0.1) is 24.9 Å². The van der Waals surface area contributed by atoms with Gasteiger partial charge in [-0.2, -0.15) is 0 Å². The minimum atomic E-state index is -0.112. The molecule has 0 aliphatic rings. The Balaban J connectivity index is 1.70. The van der Waals surface area contributed by atoms with E-state index in [1.54, 1.807) is 0 Å². The summed E-state index contributed by atoms with van der Waals surface area (Å²) in [6.07, 6.45) is 0. The van der Waals surface area contributed by atoms with E-state index in [1.807, 2.05) is 67.6 Å². The third-order valence-corrected chi connectivity index (χ3v) is 4.19. The minimum Gasteiger partial charge on any atom is -0.492 e. The predicted octanol–water partition coefficient (Wildman–Crippen LogP) is 4.40. The van der Waals surface area contributed by atoms with Crippen molar-refractivity contribution in [1.29, 1.82) is 0 Å². The van der Waals surface area contributed by atoms with Gasteiger partial charge >= 0.3 is 0 Å². The number of benzene rings is 3. The first-order valence-corrected chi connectivity index (χ1v) is 9.13. The summed E-state index contributed by atoms with van der Waals surface area (Å²) in [6, 6.07) is 27.7. The van der Waals surface area contributed by atoms with Crippen molar-refractivity contribution in [3.05, 3.63) is 96.1 Å². The fraction of sp³-hybridized carbons (Fsp3) is 0.174. The van der Waals surface area contributed by atoms with Crippen molar-refractivity contribution >= 4 is 11.6 Å². The summed E-state index contributed by atoms with van der Waals surface area (Å²) >= 11 is 0. The van der Waals surface area contributed by atoms with Crippen LogP contribution in [-0.4, -0.2) is 19.1 Å². The summed E-state index contributed by atoms with van der Waals surface area (Å²) in [5, 5.41) is 6.30. The third-order valence-electron chi connectivity index (χ3n) is 4.19. The number of carbonyl (C=O) groups excluding carboxylic acids is 1. The van der Waals surface area contributed by atoms with Crippen LogP contribution in [0.15, 0.2) is 84.9 Å².